The van der Waals surface area contributed by atoms with Crippen molar-refractivity contribution in [1.29, 1.82) is 0 Å². The van der Waals surface area contributed by atoms with Gasteiger partial charge >= 0.3 is 5.79 Å². The number of methoxy groups -OCH3 is 2. The van der Waals surface area contributed by atoms with Crippen LogP contribution in [0.4, 0.5) is 5.69 Å². The number of nitro groups is 1. The minimum atomic E-state index is -4.95. The third-order valence-corrected chi connectivity index (χ3v) is 4.64. The standard InChI is InChI=1S/C18H16ClNO9/c1-11-8-12-9-16(26-2)17(27-3)10-15(12)18(28-11,29-19(21,22)23)13-4-6-14(7-5-13)20(24)25/h4-10H,1-3H3. The summed E-state index contributed by atoms with van der Waals surface area (Å²) in [5.41, 5.74) is 0.406. The zero-order chi connectivity index (χ0) is 21.4. The van der Waals surface area contributed by atoms with Crippen molar-refractivity contribution in [3.8, 4) is 11.5 Å². The highest BCUT2D eigenvalue weighted by Gasteiger charge is 2.55. The summed E-state index contributed by atoms with van der Waals surface area (Å²) < 4.78 is 55.9. The monoisotopic (exact) mass is 425 g/mol. The van der Waals surface area contributed by atoms with Crippen LogP contribution < -0.4 is 23.5 Å². The van der Waals surface area contributed by atoms with Crippen molar-refractivity contribution in [2.75, 3.05) is 14.2 Å². The van der Waals surface area contributed by atoms with E-state index in [2.05, 4.69) is 0 Å². The second kappa shape index (κ2) is 7.50. The molecule has 0 amide bonds. The van der Waals surface area contributed by atoms with E-state index in [1.807, 2.05) is 0 Å². The Balaban J connectivity index is 2.29. The van der Waals surface area contributed by atoms with E-state index in [9.17, 15) is 24.1 Å². The predicted molar refractivity (Wildman–Crippen MR) is 89.2 cm³/mol. The molecular formula is C18H16ClNO9. The van der Waals surface area contributed by atoms with Gasteiger partial charge in [-0.3, -0.25) is 10.1 Å². The average Bonchev–Trinajstić information content (AvgIpc) is 2.65. The van der Waals surface area contributed by atoms with Crippen LogP contribution in [0.3, 0.4) is 0 Å². The molecule has 29 heavy (non-hydrogen) atoms. The van der Waals surface area contributed by atoms with E-state index < -0.39 is 21.0 Å². The van der Waals surface area contributed by atoms with E-state index in [1.165, 1.54) is 39.3 Å². The van der Waals surface area contributed by atoms with Crippen LogP contribution in [0, 0.1) is 20.4 Å². The van der Waals surface area contributed by atoms with Crippen LogP contribution in [-0.4, -0.2) is 19.1 Å². The smallest absolute Gasteiger partial charge is 0.415 e. The van der Waals surface area contributed by atoms with Crippen LogP contribution >= 0.6 is 0 Å². The second-order valence-electron chi connectivity index (χ2n) is 6.03. The lowest BCUT2D eigenvalue weighted by Crippen LogP contribution is -2.64. The molecule has 154 valence electrons. The molecule has 0 aromatic heterocycles. The number of benzene rings is 2. The van der Waals surface area contributed by atoms with Crippen molar-refractivity contribution < 1.29 is 47.6 Å². The van der Waals surface area contributed by atoms with Gasteiger partial charge in [-0.2, -0.15) is 14.0 Å². The van der Waals surface area contributed by atoms with Gasteiger partial charge in [0.05, 0.1) is 40.7 Å². The van der Waals surface area contributed by atoms with E-state index in [4.69, 9.17) is 18.5 Å². The first-order chi connectivity index (χ1) is 13.6. The molecule has 0 radical (unpaired) electrons. The zero-order valence-corrected chi connectivity index (χ0v) is 16.3. The Morgan fingerprint density at radius 2 is 1.62 bits per heavy atom. The van der Waals surface area contributed by atoms with Crippen molar-refractivity contribution in [3.05, 3.63) is 69.0 Å². The number of ether oxygens (including phenoxy) is 3. The van der Waals surface area contributed by atoms with Crippen LogP contribution in [0.25, 0.3) is 6.08 Å². The van der Waals surface area contributed by atoms with E-state index in [1.54, 1.807) is 12.1 Å². The highest BCUT2D eigenvalue weighted by atomic mass is 35.7. The SMILES string of the molecule is COc1cc2c(cc1OC)C(O[Cl+3]([O-])([O-])[O-])(c1ccc([N+](=O)[O-])cc1)OC(C)=C2. The number of halogens is 1. The quantitative estimate of drug-likeness (QED) is 0.464. The molecule has 1 unspecified atom stereocenters. The molecule has 11 heteroatoms. The van der Waals surface area contributed by atoms with E-state index in [0.717, 1.165) is 12.1 Å². The molecule has 0 bridgehead atoms. The molecule has 1 aliphatic heterocycles. The summed E-state index contributed by atoms with van der Waals surface area (Å²) in [6, 6.07) is 7.77. The minimum Gasteiger partial charge on any atom is -0.493 e. The lowest BCUT2D eigenvalue weighted by Gasteiger charge is -2.34. The van der Waals surface area contributed by atoms with E-state index in [0.29, 0.717) is 11.3 Å². The normalized spacial score (nSPS) is 18.3. The molecule has 10 nitrogen and oxygen atoms in total. The maximum atomic E-state index is 11.6. The van der Waals surface area contributed by atoms with Gasteiger partial charge in [0.25, 0.3) is 5.69 Å². The largest absolute Gasteiger partial charge is 0.493 e. The van der Waals surface area contributed by atoms with Crippen LogP contribution in [0.5, 0.6) is 11.5 Å². The molecular weight excluding hydrogens is 410 g/mol. The predicted octanol–water partition coefficient (Wildman–Crippen LogP) is 0.118. The van der Waals surface area contributed by atoms with Crippen molar-refractivity contribution in [1.82, 2.24) is 0 Å². The summed E-state index contributed by atoms with van der Waals surface area (Å²) >= 11 is 0. The molecule has 2 aromatic carbocycles. The molecule has 0 saturated heterocycles. The third-order valence-electron chi connectivity index (χ3n) is 4.24. The van der Waals surface area contributed by atoms with Gasteiger partial charge in [-0.15, -0.1) is 0 Å². The fourth-order valence-corrected chi connectivity index (χ4v) is 3.55. The van der Waals surface area contributed by atoms with Crippen LogP contribution in [0.1, 0.15) is 23.6 Å². The van der Waals surface area contributed by atoms with Crippen molar-refractivity contribution in [2.24, 2.45) is 0 Å². The topological polar surface area (TPSA) is 149 Å². The number of rotatable bonds is 6. The van der Waals surface area contributed by atoms with Gasteiger partial charge in [-0.05, 0) is 42.8 Å². The first-order valence-corrected chi connectivity index (χ1v) is 9.33. The third kappa shape index (κ3) is 3.97. The highest BCUT2D eigenvalue weighted by Crippen LogP contribution is 2.47. The Morgan fingerprint density at radius 1 is 1.03 bits per heavy atom. The molecule has 0 aliphatic carbocycles. The van der Waals surface area contributed by atoms with Crippen LogP contribution in [0.15, 0.2) is 42.2 Å². The number of hydrogen-bond acceptors (Lipinski definition) is 9. The van der Waals surface area contributed by atoms with Gasteiger partial charge in [0, 0.05) is 17.7 Å². The van der Waals surface area contributed by atoms with Gasteiger partial charge in [-0.25, -0.2) is 0 Å². The lowest BCUT2D eigenvalue weighted by atomic mass is 9.90. The minimum absolute atomic E-state index is 0.0518. The summed E-state index contributed by atoms with van der Waals surface area (Å²) in [7, 11) is -2.14. The Kier molecular flexibility index (Phi) is 5.39. The number of fused-ring (bicyclic) bond motifs is 1. The van der Waals surface area contributed by atoms with Gasteiger partial charge in [0.2, 0.25) is 0 Å². The van der Waals surface area contributed by atoms with E-state index >= 15 is 0 Å². The number of nitrogens with zero attached hydrogens (tertiary/aromatic N) is 1. The van der Waals surface area contributed by atoms with Gasteiger partial charge in [0.15, 0.2) is 11.5 Å². The summed E-state index contributed by atoms with van der Waals surface area (Å²) in [5, 5.41) is 11.0. The fraction of sp³-hybridized carbons (Fsp3) is 0.222. The Labute approximate surface area is 167 Å². The molecule has 0 N–H and O–H groups in total. The molecule has 1 atom stereocenters. The maximum Gasteiger partial charge on any atom is 0.415 e. The van der Waals surface area contributed by atoms with Gasteiger partial charge < -0.3 is 14.2 Å². The first-order valence-electron chi connectivity index (χ1n) is 8.10. The number of non-ortho nitro benzene ring substituents is 1. The summed E-state index contributed by atoms with van der Waals surface area (Å²) in [4.78, 5) is 10.3. The van der Waals surface area contributed by atoms with Gasteiger partial charge in [0.1, 0.15) is 4.29 Å². The molecule has 0 spiro atoms. The Morgan fingerprint density at radius 3 is 2.14 bits per heavy atom. The number of nitro benzene ring substituents is 1. The first kappa shape index (κ1) is 20.8. The Bertz CT molecular complexity index is 969. The van der Waals surface area contributed by atoms with E-state index in [-0.39, 0.29) is 28.3 Å². The molecule has 0 saturated carbocycles. The summed E-state index contributed by atoms with van der Waals surface area (Å²) in [6.45, 7) is 1.54. The molecule has 2 aromatic rings. The van der Waals surface area contributed by atoms with Crippen molar-refractivity contribution in [3.63, 3.8) is 0 Å². The van der Waals surface area contributed by atoms with Crippen LogP contribution in [-0.2, 0) is 14.8 Å². The van der Waals surface area contributed by atoms with Crippen molar-refractivity contribution in [2.45, 2.75) is 12.7 Å². The Hall–Kier alpha value is -2.89. The molecule has 1 heterocycles. The zero-order valence-electron chi connectivity index (χ0n) is 15.5. The fourth-order valence-electron chi connectivity index (χ4n) is 3.08. The molecule has 1 aliphatic rings. The molecule has 3 rings (SSSR count). The molecule has 0 fully saturated rings. The number of allylic oxidation sites excluding steroid dienone is 1. The second-order valence-corrected chi connectivity index (χ2v) is 6.94. The lowest BCUT2D eigenvalue weighted by molar-refractivity contribution is -1.92. The van der Waals surface area contributed by atoms with Gasteiger partial charge in [-0.1, -0.05) is 0 Å². The maximum absolute atomic E-state index is 11.6. The highest BCUT2D eigenvalue weighted by molar-refractivity contribution is 5.65. The summed E-state index contributed by atoms with van der Waals surface area (Å²) in [6.07, 6.45) is 1.60. The van der Waals surface area contributed by atoms with Crippen molar-refractivity contribution >= 4 is 11.8 Å². The summed E-state index contributed by atoms with van der Waals surface area (Å²) in [5.74, 6) is -1.39. The number of hydrogen-bond donors (Lipinski definition) is 0. The average molecular weight is 426 g/mol. The van der Waals surface area contributed by atoms with Crippen LogP contribution in [0.2, 0.25) is 0 Å².